The molecule has 0 saturated heterocycles. The molecule has 0 aliphatic heterocycles. The molecule has 0 spiro atoms. The van der Waals surface area contributed by atoms with Crippen molar-refractivity contribution in [1.29, 1.82) is 0 Å². The van der Waals surface area contributed by atoms with Crippen LogP contribution >= 0.6 is 0 Å². The van der Waals surface area contributed by atoms with Crippen LogP contribution in [0.2, 0.25) is 0 Å². The first kappa shape index (κ1) is 15.1. The lowest BCUT2D eigenvalue weighted by Gasteiger charge is -2.12. The Morgan fingerprint density at radius 2 is 2.21 bits per heavy atom. The lowest BCUT2D eigenvalue weighted by Crippen LogP contribution is -2.18. The second kappa shape index (κ2) is 6.26. The molecular weight excluding hydrogens is 263 g/mol. The maximum absolute atomic E-state index is 12.0. The van der Waals surface area contributed by atoms with E-state index in [-0.39, 0.29) is 30.3 Å². The molecule has 0 unspecified atom stereocenters. The Balaban J connectivity index is 2.71. The molecule has 1 heterocycles. The fourth-order valence-electron chi connectivity index (χ4n) is 1.45. The van der Waals surface area contributed by atoms with E-state index in [4.69, 9.17) is 15.7 Å². The van der Waals surface area contributed by atoms with E-state index in [2.05, 4.69) is 10.1 Å². The average molecular weight is 277 g/mol. The molecule has 0 aliphatic carbocycles. The van der Waals surface area contributed by atoms with Gasteiger partial charge < -0.3 is 15.7 Å². The van der Waals surface area contributed by atoms with Crippen LogP contribution in [0.3, 0.4) is 0 Å². The fourth-order valence-corrected chi connectivity index (χ4v) is 1.45. The number of hydrogen-bond donors (Lipinski definition) is 2. The van der Waals surface area contributed by atoms with E-state index in [1.165, 1.54) is 6.20 Å². The third-order valence-corrected chi connectivity index (χ3v) is 2.33. The van der Waals surface area contributed by atoms with Gasteiger partial charge in [0.05, 0.1) is 12.2 Å². The topological polar surface area (TPSA) is 80.7 Å². The summed E-state index contributed by atoms with van der Waals surface area (Å²) in [5.41, 5.74) is 6.39. The highest BCUT2D eigenvalue weighted by atomic mass is 19.4. The van der Waals surface area contributed by atoms with Gasteiger partial charge in [-0.2, -0.15) is 13.2 Å². The van der Waals surface area contributed by atoms with Crippen LogP contribution in [0.5, 0.6) is 5.88 Å². The molecule has 5 nitrogen and oxygen atoms in total. The van der Waals surface area contributed by atoms with E-state index in [9.17, 15) is 13.2 Å². The summed E-state index contributed by atoms with van der Waals surface area (Å²) >= 11 is 0. The number of amidine groups is 1. The molecule has 0 atom stereocenters. The number of aryl methyl sites for hydroxylation is 1. The number of hydrogen-bond acceptors (Lipinski definition) is 4. The zero-order valence-electron chi connectivity index (χ0n) is 10.2. The molecule has 106 valence electrons. The Labute approximate surface area is 107 Å². The molecule has 0 saturated carbocycles. The zero-order chi connectivity index (χ0) is 14.5. The van der Waals surface area contributed by atoms with Crippen molar-refractivity contribution in [2.45, 2.75) is 25.9 Å². The highest BCUT2D eigenvalue weighted by molar-refractivity contribution is 6.00. The van der Waals surface area contributed by atoms with E-state index in [0.717, 1.165) is 0 Å². The second-order valence-corrected chi connectivity index (χ2v) is 3.86. The molecule has 1 aromatic heterocycles. The summed E-state index contributed by atoms with van der Waals surface area (Å²) in [5, 5.41) is 11.5. The molecule has 0 fully saturated rings. The molecule has 0 aromatic carbocycles. The van der Waals surface area contributed by atoms with E-state index in [0.29, 0.717) is 5.56 Å². The normalized spacial score (nSPS) is 12.5. The van der Waals surface area contributed by atoms with Crippen LogP contribution in [-0.2, 0) is 0 Å². The number of pyridine rings is 1. The molecule has 0 aliphatic rings. The van der Waals surface area contributed by atoms with Crippen LogP contribution in [0.1, 0.15) is 24.0 Å². The molecule has 0 bridgehead atoms. The lowest BCUT2D eigenvalue weighted by molar-refractivity contribution is -0.136. The summed E-state index contributed by atoms with van der Waals surface area (Å²) in [5.74, 6) is -0.145. The molecule has 19 heavy (non-hydrogen) atoms. The Bertz CT molecular complexity index is 461. The first-order valence-corrected chi connectivity index (χ1v) is 5.48. The molecule has 8 heteroatoms. The van der Waals surface area contributed by atoms with Crippen LogP contribution in [0.25, 0.3) is 0 Å². The first-order valence-electron chi connectivity index (χ1n) is 5.48. The number of ether oxygens (including phenoxy) is 1. The third kappa shape index (κ3) is 4.65. The SMILES string of the molecule is Cc1ccnc(OCCCC(F)(F)F)c1/C(N)=N/O. The van der Waals surface area contributed by atoms with Crippen molar-refractivity contribution in [3.05, 3.63) is 23.4 Å². The van der Waals surface area contributed by atoms with E-state index in [1.54, 1.807) is 13.0 Å². The van der Waals surface area contributed by atoms with Gasteiger partial charge in [0.25, 0.3) is 0 Å². The number of rotatable bonds is 5. The van der Waals surface area contributed by atoms with Gasteiger partial charge in [0, 0.05) is 12.6 Å². The predicted molar refractivity (Wildman–Crippen MR) is 62.3 cm³/mol. The summed E-state index contributed by atoms with van der Waals surface area (Å²) < 4.78 is 41.0. The fraction of sp³-hybridized carbons (Fsp3) is 0.455. The predicted octanol–water partition coefficient (Wildman–Crippen LogP) is 2.21. The van der Waals surface area contributed by atoms with Gasteiger partial charge in [0.15, 0.2) is 5.84 Å². The second-order valence-electron chi connectivity index (χ2n) is 3.86. The van der Waals surface area contributed by atoms with Crippen LogP contribution < -0.4 is 10.5 Å². The van der Waals surface area contributed by atoms with Crippen molar-refractivity contribution in [3.63, 3.8) is 0 Å². The number of halogens is 3. The molecule has 1 rings (SSSR count). The Kier molecular flexibility index (Phi) is 4.96. The summed E-state index contributed by atoms with van der Waals surface area (Å²) in [4.78, 5) is 3.87. The lowest BCUT2D eigenvalue weighted by atomic mass is 10.1. The number of oxime groups is 1. The van der Waals surface area contributed by atoms with Gasteiger partial charge in [0.2, 0.25) is 5.88 Å². The minimum absolute atomic E-state index is 0.0532. The van der Waals surface area contributed by atoms with Gasteiger partial charge in [-0.15, -0.1) is 0 Å². The number of nitrogens with two attached hydrogens (primary N) is 1. The average Bonchev–Trinajstić information content (AvgIpc) is 2.33. The van der Waals surface area contributed by atoms with E-state index >= 15 is 0 Å². The highest BCUT2D eigenvalue weighted by Crippen LogP contribution is 2.22. The smallest absolute Gasteiger partial charge is 0.389 e. The van der Waals surface area contributed by atoms with Gasteiger partial charge in [0.1, 0.15) is 0 Å². The summed E-state index contributed by atoms with van der Waals surface area (Å²) in [7, 11) is 0. The maximum Gasteiger partial charge on any atom is 0.389 e. The van der Waals surface area contributed by atoms with Gasteiger partial charge >= 0.3 is 6.18 Å². The minimum Gasteiger partial charge on any atom is -0.477 e. The molecule has 0 radical (unpaired) electrons. The van der Waals surface area contributed by atoms with Gasteiger partial charge in [-0.25, -0.2) is 4.98 Å². The number of alkyl halides is 3. The molecular formula is C11H14F3N3O2. The van der Waals surface area contributed by atoms with Gasteiger partial charge in [-0.3, -0.25) is 0 Å². The zero-order valence-corrected chi connectivity index (χ0v) is 10.2. The van der Waals surface area contributed by atoms with Gasteiger partial charge in [-0.1, -0.05) is 5.16 Å². The maximum atomic E-state index is 12.0. The van der Waals surface area contributed by atoms with Crippen molar-refractivity contribution < 1.29 is 23.1 Å². The highest BCUT2D eigenvalue weighted by Gasteiger charge is 2.26. The summed E-state index contributed by atoms with van der Waals surface area (Å²) in [6.45, 7) is 1.54. The van der Waals surface area contributed by atoms with Crippen LogP contribution in [0.4, 0.5) is 13.2 Å². The van der Waals surface area contributed by atoms with Crippen LogP contribution in [-0.4, -0.2) is 28.8 Å². The first-order chi connectivity index (χ1) is 8.85. The Morgan fingerprint density at radius 3 is 2.79 bits per heavy atom. The van der Waals surface area contributed by atoms with Crippen molar-refractivity contribution in [1.82, 2.24) is 4.98 Å². The van der Waals surface area contributed by atoms with Crippen LogP contribution in [0, 0.1) is 6.92 Å². The van der Waals surface area contributed by atoms with Crippen molar-refractivity contribution >= 4 is 5.84 Å². The van der Waals surface area contributed by atoms with E-state index in [1.807, 2.05) is 0 Å². The third-order valence-electron chi connectivity index (χ3n) is 2.33. The van der Waals surface area contributed by atoms with Crippen molar-refractivity contribution in [2.75, 3.05) is 6.61 Å². The van der Waals surface area contributed by atoms with Crippen LogP contribution in [0.15, 0.2) is 17.4 Å². The molecule has 0 amide bonds. The van der Waals surface area contributed by atoms with Crippen molar-refractivity contribution in [3.8, 4) is 5.88 Å². The molecule has 1 aromatic rings. The Hall–Kier alpha value is -1.99. The quantitative estimate of drug-likeness (QED) is 0.284. The monoisotopic (exact) mass is 277 g/mol. The summed E-state index contributed by atoms with van der Waals surface area (Å²) in [6.07, 6.45) is -3.90. The largest absolute Gasteiger partial charge is 0.477 e. The van der Waals surface area contributed by atoms with Gasteiger partial charge in [-0.05, 0) is 25.0 Å². The Morgan fingerprint density at radius 1 is 1.53 bits per heavy atom. The standard InChI is InChI=1S/C11H14F3N3O2/c1-7-3-5-16-10(8(7)9(15)17-18)19-6-2-4-11(12,13)14/h3,5,18H,2,4,6H2,1H3,(H2,15,17). The van der Waals surface area contributed by atoms with Crippen molar-refractivity contribution in [2.24, 2.45) is 10.9 Å². The minimum atomic E-state index is -4.21. The number of nitrogens with zero attached hydrogens (tertiary/aromatic N) is 2. The summed E-state index contributed by atoms with van der Waals surface area (Å²) in [6, 6.07) is 1.62. The molecule has 3 N–H and O–H groups in total. The van der Waals surface area contributed by atoms with E-state index < -0.39 is 12.6 Å². The number of aromatic nitrogens is 1.